The van der Waals surface area contributed by atoms with Crippen molar-refractivity contribution < 1.29 is 5.11 Å². The van der Waals surface area contributed by atoms with Gasteiger partial charge in [0.05, 0.1) is 23.8 Å². The molecule has 82 valence electrons. The minimum Gasteiger partial charge on any atom is -0.396 e. The number of nitrogens with one attached hydrogen (secondary N) is 1. The number of anilines is 2. The highest BCUT2D eigenvalue weighted by atomic mass is 16.3. The van der Waals surface area contributed by atoms with Crippen LogP contribution in [0.5, 0.6) is 0 Å². The van der Waals surface area contributed by atoms with Crippen LogP contribution >= 0.6 is 0 Å². The van der Waals surface area contributed by atoms with Crippen LogP contribution in [0.3, 0.4) is 0 Å². The number of hydrogen-bond donors (Lipinski definition) is 2. The third kappa shape index (κ3) is 2.21. The molecule has 4 heteroatoms. The van der Waals surface area contributed by atoms with E-state index in [9.17, 15) is 0 Å². The molecule has 2 heterocycles. The van der Waals surface area contributed by atoms with E-state index in [4.69, 9.17) is 5.11 Å². The summed E-state index contributed by atoms with van der Waals surface area (Å²) in [5.74, 6) is 0.420. The number of aliphatic hydroxyl groups excluding tert-OH is 1. The molecule has 1 aliphatic rings. The van der Waals surface area contributed by atoms with Gasteiger partial charge in [0.15, 0.2) is 0 Å². The van der Waals surface area contributed by atoms with Crippen molar-refractivity contribution in [2.45, 2.75) is 6.42 Å². The zero-order valence-corrected chi connectivity index (χ0v) is 8.98. The van der Waals surface area contributed by atoms with Gasteiger partial charge in [-0.05, 0) is 12.5 Å². The van der Waals surface area contributed by atoms with Gasteiger partial charge in [-0.25, -0.2) is 0 Å². The molecule has 0 aromatic carbocycles. The van der Waals surface area contributed by atoms with Crippen molar-refractivity contribution in [3.63, 3.8) is 0 Å². The normalized spacial score (nSPS) is 20.7. The van der Waals surface area contributed by atoms with E-state index in [2.05, 4.69) is 21.3 Å². The van der Waals surface area contributed by atoms with Crippen LogP contribution in [-0.4, -0.2) is 36.8 Å². The molecule has 1 fully saturated rings. The molecule has 0 spiro atoms. The molecule has 1 unspecified atom stereocenters. The van der Waals surface area contributed by atoms with Crippen molar-refractivity contribution in [3.05, 3.63) is 18.5 Å². The second kappa shape index (κ2) is 4.49. The molecule has 1 aliphatic heterocycles. The van der Waals surface area contributed by atoms with E-state index in [0.29, 0.717) is 5.92 Å². The Hall–Kier alpha value is -1.29. The highest BCUT2D eigenvalue weighted by Crippen LogP contribution is 2.24. The predicted octanol–water partition coefficient (Wildman–Crippen LogP) is 0.942. The van der Waals surface area contributed by atoms with Crippen LogP contribution in [0.4, 0.5) is 11.4 Å². The Balaban J connectivity index is 2.09. The summed E-state index contributed by atoms with van der Waals surface area (Å²) in [6.45, 7) is 2.24. The van der Waals surface area contributed by atoms with E-state index in [0.717, 1.165) is 30.9 Å². The van der Waals surface area contributed by atoms with Crippen molar-refractivity contribution in [1.29, 1.82) is 0 Å². The maximum atomic E-state index is 9.08. The molecule has 1 aromatic heterocycles. The number of nitrogens with zero attached hydrogens (tertiary/aromatic N) is 2. The lowest BCUT2D eigenvalue weighted by molar-refractivity contribution is 0.238. The van der Waals surface area contributed by atoms with Crippen molar-refractivity contribution in [2.75, 3.05) is 37.0 Å². The van der Waals surface area contributed by atoms with Crippen molar-refractivity contribution in [3.8, 4) is 0 Å². The van der Waals surface area contributed by atoms with Crippen LogP contribution in [0.25, 0.3) is 0 Å². The Kier molecular flexibility index (Phi) is 3.06. The molecule has 0 radical (unpaired) electrons. The fourth-order valence-electron chi connectivity index (χ4n) is 1.95. The number of rotatable bonds is 3. The maximum absolute atomic E-state index is 9.08. The fourth-order valence-corrected chi connectivity index (χ4v) is 1.95. The average Bonchev–Trinajstić information content (AvgIpc) is 2.78. The summed E-state index contributed by atoms with van der Waals surface area (Å²) in [5, 5.41) is 12.2. The molecule has 2 N–H and O–H groups in total. The van der Waals surface area contributed by atoms with Crippen LogP contribution in [0, 0.1) is 5.92 Å². The lowest BCUT2D eigenvalue weighted by atomic mass is 10.1. The Morgan fingerprint density at radius 3 is 3.13 bits per heavy atom. The standard InChI is InChI=1S/C11H17N3O/c1-12-10-4-11(6-13-5-10)14-3-2-9(7-14)8-15/h4-6,9,12,15H,2-3,7-8H2,1H3. The van der Waals surface area contributed by atoms with E-state index in [1.165, 1.54) is 0 Å². The predicted molar refractivity (Wildman–Crippen MR) is 61.2 cm³/mol. The first-order valence-corrected chi connectivity index (χ1v) is 5.32. The van der Waals surface area contributed by atoms with Gasteiger partial charge in [0, 0.05) is 32.7 Å². The van der Waals surface area contributed by atoms with E-state index in [1.54, 1.807) is 0 Å². The number of aliphatic hydroxyl groups is 1. The van der Waals surface area contributed by atoms with Gasteiger partial charge in [-0.15, -0.1) is 0 Å². The third-order valence-electron chi connectivity index (χ3n) is 2.92. The second-order valence-corrected chi connectivity index (χ2v) is 3.97. The molecular weight excluding hydrogens is 190 g/mol. The Morgan fingerprint density at radius 2 is 2.47 bits per heavy atom. The Morgan fingerprint density at radius 1 is 1.60 bits per heavy atom. The molecule has 2 rings (SSSR count). The summed E-state index contributed by atoms with van der Waals surface area (Å²) in [6, 6.07) is 2.09. The van der Waals surface area contributed by atoms with Gasteiger partial charge in [-0.2, -0.15) is 0 Å². The largest absolute Gasteiger partial charge is 0.396 e. The quantitative estimate of drug-likeness (QED) is 0.774. The number of pyridine rings is 1. The van der Waals surface area contributed by atoms with Gasteiger partial charge < -0.3 is 15.3 Å². The number of hydrogen-bond acceptors (Lipinski definition) is 4. The fraction of sp³-hybridized carbons (Fsp3) is 0.545. The van der Waals surface area contributed by atoms with Crippen LogP contribution < -0.4 is 10.2 Å². The molecule has 1 atom stereocenters. The summed E-state index contributed by atoms with van der Waals surface area (Å²) in [7, 11) is 1.89. The molecule has 4 nitrogen and oxygen atoms in total. The first-order valence-electron chi connectivity index (χ1n) is 5.32. The zero-order valence-electron chi connectivity index (χ0n) is 8.98. The van der Waals surface area contributed by atoms with E-state index in [1.807, 2.05) is 19.4 Å². The summed E-state index contributed by atoms with van der Waals surface area (Å²) >= 11 is 0. The van der Waals surface area contributed by atoms with E-state index >= 15 is 0 Å². The third-order valence-corrected chi connectivity index (χ3v) is 2.92. The smallest absolute Gasteiger partial charge is 0.0573 e. The van der Waals surface area contributed by atoms with Crippen LogP contribution in [0.1, 0.15) is 6.42 Å². The van der Waals surface area contributed by atoms with Gasteiger partial charge in [-0.3, -0.25) is 4.98 Å². The first kappa shape index (κ1) is 10.2. The SMILES string of the molecule is CNc1cncc(N2CCC(CO)C2)c1. The van der Waals surface area contributed by atoms with Gasteiger partial charge in [0.1, 0.15) is 0 Å². The topological polar surface area (TPSA) is 48.4 Å². The van der Waals surface area contributed by atoms with Crippen LogP contribution in [-0.2, 0) is 0 Å². The van der Waals surface area contributed by atoms with Crippen molar-refractivity contribution in [2.24, 2.45) is 5.92 Å². The van der Waals surface area contributed by atoms with Gasteiger partial charge in [0.2, 0.25) is 0 Å². The van der Waals surface area contributed by atoms with Gasteiger partial charge in [-0.1, -0.05) is 0 Å². The van der Waals surface area contributed by atoms with Crippen molar-refractivity contribution in [1.82, 2.24) is 4.98 Å². The maximum Gasteiger partial charge on any atom is 0.0573 e. The summed E-state index contributed by atoms with van der Waals surface area (Å²) in [5.41, 5.74) is 2.16. The molecular formula is C11H17N3O. The highest BCUT2D eigenvalue weighted by molar-refractivity contribution is 5.55. The van der Waals surface area contributed by atoms with Gasteiger partial charge in [0.25, 0.3) is 0 Å². The zero-order chi connectivity index (χ0) is 10.7. The minimum absolute atomic E-state index is 0.287. The van der Waals surface area contributed by atoms with Crippen LogP contribution in [0.15, 0.2) is 18.5 Å². The molecule has 1 aromatic rings. The van der Waals surface area contributed by atoms with E-state index < -0.39 is 0 Å². The second-order valence-electron chi connectivity index (χ2n) is 3.97. The molecule has 0 bridgehead atoms. The Bertz CT molecular complexity index is 329. The Labute approximate surface area is 89.9 Å². The molecule has 0 aliphatic carbocycles. The molecule has 1 saturated heterocycles. The molecule has 15 heavy (non-hydrogen) atoms. The summed E-state index contributed by atoms with van der Waals surface area (Å²) < 4.78 is 0. The average molecular weight is 207 g/mol. The summed E-state index contributed by atoms with van der Waals surface area (Å²) in [6.07, 6.45) is 4.75. The summed E-state index contributed by atoms with van der Waals surface area (Å²) in [4.78, 5) is 6.46. The minimum atomic E-state index is 0.287. The lowest BCUT2D eigenvalue weighted by Crippen LogP contribution is -2.20. The monoisotopic (exact) mass is 207 g/mol. The number of aromatic nitrogens is 1. The first-order chi connectivity index (χ1) is 7.33. The lowest BCUT2D eigenvalue weighted by Gasteiger charge is -2.18. The van der Waals surface area contributed by atoms with Gasteiger partial charge >= 0.3 is 0 Å². The molecule has 0 amide bonds. The van der Waals surface area contributed by atoms with Crippen molar-refractivity contribution >= 4 is 11.4 Å². The molecule has 0 saturated carbocycles. The van der Waals surface area contributed by atoms with Crippen LogP contribution in [0.2, 0.25) is 0 Å². The highest BCUT2D eigenvalue weighted by Gasteiger charge is 2.22. The van der Waals surface area contributed by atoms with E-state index in [-0.39, 0.29) is 6.61 Å².